The second kappa shape index (κ2) is 6.17. The van der Waals surface area contributed by atoms with Crippen LogP contribution in [-0.2, 0) is 6.54 Å². The number of carbonyl (C=O) groups is 1. The van der Waals surface area contributed by atoms with Gasteiger partial charge in [0.1, 0.15) is 4.88 Å². The lowest BCUT2D eigenvalue weighted by Crippen LogP contribution is -2.16. The van der Waals surface area contributed by atoms with Crippen molar-refractivity contribution < 1.29 is 4.79 Å². The molecule has 0 aliphatic heterocycles. The first-order chi connectivity index (χ1) is 11.0. The summed E-state index contributed by atoms with van der Waals surface area (Å²) in [5.74, 6) is -0.296. The Balaban J connectivity index is 2.22. The molecule has 5 nitrogen and oxygen atoms in total. The number of carbonyl (C=O) groups excluding carboxylic acids is 1. The van der Waals surface area contributed by atoms with E-state index in [0.29, 0.717) is 21.9 Å². The van der Waals surface area contributed by atoms with Gasteiger partial charge in [0.25, 0.3) is 5.91 Å². The van der Waals surface area contributed by atoms with Gasteiger partial charge in [-0.25, -0.2) is 0 Å². The Bertz CT molecular complexity index is 978. The second-order valence-corrected chi connectivity index (χ2v) is 7.06. The van der Waals surface area contributed by atoms with Crippen LogP contribution in [-0.4, -0.2) is 20.1 Å². The summed E-state index contributed by atoms with van der Waals surface area (Å²) < 4.78 is 6.93. The van der Waals surface area contributed by atoms with Crippen molar-refractivity contribution in [1.29, 1.82) is 0 Å². The van der Waals surface area contributed by atoms with Crippen molar-refractivity contribution in [2.75, 3.05) is 0 Å². The molecule has 118 valence electrons. The normalized spacial score (nSPS) is 12.0. The summed E-state index contributed by atoms with van der Waals surface area (Å²) in [6.45, 7) is 10.3. The molecule has 0 N–H and O–H groups in total. The molecule has 1 aromatic carbocycles. The largest absolute Gasteiger partial charge is 0.312 e. The molecule has 0 radical (unpaired) electrons. The summed E-state index contributed by atoms with van der Waals surface area (Å²) in [6.07, 6.45) is 1.81. The lowest BCUT2D eigenvalue weighted by atomic mass is 10.1. The van der Waals surface area contributed by atoms with Crippen LogP contribution in [0.15, 0.2) is 29.8 Å². The molecule has 23 heavy (non-hydrogen) atoms. The summed E-state index contributed by atoms with van der Waals surface area (Å²) in [5, 5.41) is 3.87. The molecule has 7 heteroatoms. The maximum absolute atomic E-state index is 12.4. The quantitative estimate of drug-likeness (QED) is 0.684. The molecule has 0 saturated carbocycles. The Morgan fingerprint density at radius 1 is 1.35 bits per heavy atom. The summed E-state index contributed by atoms with van der Waals surface area (Å²) >= 11 is 2.59. The highest BCUT2D eigenvalue weighted by molar-refractivity contribution is 7.16. The molecule has 0 bridgehead atoms. The van der Waals surface area contributed by atoms with Gasteiger partial charge >= 0.3 is 0 Å². The zero-order valence-electron chi connectivity index (χ0n) is 13.2. The minimum Gasteiger partial charge on any atom is -0.312 e. The van der Waals surface area contributed by atoms with E-state index >= 15 is 0 Å². The number of rotatable bonds is 3. The van der Waals surface area contributed by atoms with Gasteiger partial charge in [-0.1, -0.05) is 21.9 Å². The van der Waals surface area contributed by atoms with Crippen LogP contribution in [0.1, 0.15) is 26.5 Å². The first kappa shape index (κ1) is 15.8. The topological polar surface area (TPSA) is 60.1 Å². The van der Waals surface area contributed by atoms with Gasteiger partial charge in [0.05, 0.1) is 15.9 Å². The molecular weight excluding hydrogens is 328 g/mol. The molecule has 0 saturated heterocycles. The fourth-order valence-electron chi connectivity index (χ4n) is 2.28. The number of allylic oxidation sites excluding steroid dienone is 1. The van der Waals surface area contributed by atoms with Crippen LogP contribution in [0.25, 0.3) is 10.2 Å². The predicted octanol–water partition coefficient (Wildman–Crippen LogP) is 3.41. The zero-order chi connectivity index (χ0) is 16.6. The van der Waals surface area contributed by atoms with Crippen molar-refractivity contribution in [2.45, 2.75) is 27.3 Å². The van der Waals surface area contributed by atoms with Gasteiger partial charge in [-0.2, -0.15) is 4.99 Å². The Hall–Kier alpha value is -2.12. The van der Waals surface area contributed by atoms with Crippen LogP contribution in [0.3, 0.4) is 0 Å². The third-order valence-electron chi connectivity index (χ3n) is 3.65. The number of nitrogens with zero attached hydrogens (tertiary/aromatic N) is 4. The molecule has 0 spiro atoms. The van der Waals surface area contributed by atoms with Gasteiger partial charge in [0.2, 0.25) is 0 Å². The lowest BCUT2D eigenvalue weighted by molar-refractivity contribution is 0.100. The van der Waals surface area contributed by atoms with Crippen molar-refractivity contribution in [3.63, 3.8) is 0 Å². The van der Waals surface area contributed by atoms with E-state index in [1.165, 1.54) is 22.5 Å². The van der Waals surface area contributed by atoms with Crippen molar-refractivity contribution in [3.8, 4) is 0 Å². The van der Waals surface area contributed by atoms with Gasteiger partial charge in [0.15, 0.2) is 4.80 Å². The highest BCUT2D eigenvalue weighted by Gasteiger charge is 2.14. The Kier molecular flexibility index (Phi) is 4.23. The number of hydrogen-bond donors (Lipinski definition) is 0. The smallest absolute Gasteiger partial charge is 0.293 e. The third kappa shape index (κ3) is 2.89. The fourth-order valence-corrected chi connectivity index (χ4v) is 3.94. The van der Waals surface area contributed by atoms with Gasteiger partial charge < -0.3 is 4.57 Å². The number of benzene rings is 1. The van der Waals surface area contributed by atoms with E-state index in [2.05, 4.69) is 47.1 Å². The van der Waals surface area contributed by atoms with E-state index < -0.39 is 0 Å². The minimum atomic E-state index is -0.296. The van der Waals surface area contributed by atoms with Crippen LogP contribution in [0.2, 0.25) is 0 Å². The molecule has 3 rings (SSSR count). The maximum Gasteiger partial charge on any atom is 0.293 e. The van der Waals surface area contributed by atoms with Crippen LogP contribution >= 0.6 is 22.9 Å². The molecule has 0 atom stereocenters. The number of thiazole rings is 1. The summed E-state index contributed by atoms with van der Waals surface area (Å²) in [6, 6.07) is 4.27. The van der Waals surface area contributed by atoms with E-state index in [1.54, 1.807) is 6.92 Å². The SMILES string of the molecule is C=CCn1c(=NC(=O)c2snnc2C)sc2cc(C)c(C)cc21. The van der Waals surface area contributed by atoms with Crippen LogP contribution in [0.4, 0.5) is 0 Å². The fraction of sp³-hybridized carbons (Fsp3) is 0.250. The average Bonchev–Trinajstić information content (AvgIpc) is 3.06. The standard InChI is InChI=1S/C16H16N4OS2/c1-5-6-20-12-7-9(2)10(3)8-13(12)22-16(20)17-15(21)14-11(4)18-19-23-14/h5,7-8H,1,6H2,2-4H3. The van der Waals surface area contributed by atoms with Gasteiger partial charge in [-0.15, -0.1) is 11.7 Å². The van der Waals surface area contributed by atoms with E-state index in [4.69, 9.17) is 0 Å². The molecule has 2 heterocycles. The highest BCUT2D eigenvalue weighted by Crippen LogP contribution is 2.22. The highest BCUT2D eigenvalue weighted by atomic mass is 32.1. The third-order valence-corrected chi connectivity index (χ3v) is 5.51. The minimum absolute atomic E-state index is 0.296. The van der Waals surface area contributed by atoms with Crippen LogP contribution in [0, 0.1) is 20.8 Å². The number of fused-ring (bicyclic) bond motifs is 1. The molecule has 1 amide bonds. The number of aryl methyl sites for hydroxylation is 3. The van der Waals surface area contributed by atoms with Crippen molar-refractivity contribution in [1.82, 2.24) is 14.2 Å². The van der Waals surface area contributed by atoms with Crippen molar-refractivity contribution >= 4 is 39.0 Å². The van der Waals surface area contributed by atoms with Gasteiger partial charge in [-0.05, 0) is 55.6 Å². The van der Waals surface area contributed by atoms with Crippen molar-refractivity contribution in [3.05, 3.63) is 51.3 Å². The number of aromatic nitrogens is 3. The summed E-state index contributed by atoms with van der Waals surface area (Å²) in [4.78, 5) is 17.9. The van der Waals surface area contributed by atoms with Crippen LogP contribution < -0.4 is 4.80 Å². The second-order valence-electron chi connectivity index (χ2n) is 5.29. The molecule has 0 unspecified atom stereocenters. The average molecular weight is 344 g/mol. The molecule has 0 fully saturated rings. The van der Waals surface area contributed by atoms with E-state index in [-0.39, 0.29) is 5.91 Å². The molecule has 0 aliphatic carbocycles. The Labute approximate surface area is 141 Å². The van der Waals surface area contributed by atoms with Gasteiger partial charge in [-0.3, -0.25) is 4.79 Å². The lowest BCUT2D eigenvalue weighted by Gasteiger charge is -2.03. The van der Waals surface area contributed by atoms with E-state index in [9.17, 15) is 4.79 Å². The van der Waals surface area contributed by atoms with E-state index in [0.717, 1.165) is 21.7 Å². The Morgan fingerprint density at radius 2 is 2.09 bits per heavy atom. The predicted molar refractivity (Wildman–Crippen MR) is 94.0 cm³/mol. The summed E-state index contributed by atoms with van der Waals surface area (Å²) in [7, 11) is 0. The molecular formula is C16H16N4OS2. The first-order valence-electron chi connectivity index (χ1n) is 7.10. The molecule has 0 aliphatic rings. The Morgan fingerprint density at radius 3 is 2.74 bits per heavy atom. The van der Waals surface area contributed by atoms with Gasteiger partial charge in [0, 0.05) is 6.54 Å². The van der Waals surface area contributed by atoms with Crippen molar-refractivity contribution in [2.24, 2.45) is 4.99 Å². The molecule has 2 aromatic heterocycles. The maximum atomic E-state index is 12.4. The number of amides is 1. The summed E-state index contributed by atoms with van der Waals surface area (Å²) in [5.41, 5.74) is 4.13. The monoisotopic (exact) mass is 344 g/mol. The van der Waals surface area contributed by atoms with E-state index in [1.807, 2.05) is 10.6 Å². The zero-order valence-corrected chi connectivity index (χ0v) is 14.8. The first-order valence-corrected chi connectivity index (χ1v) is 8.69. The van der Waals surface area contributed by atoms with Crippen LogP contribution in [0.5, 0.6) is 0 Å². The molecule has 3 aromatic rings. The number of hydrogen-bond acceptors (Lipinski definition) is 5.